The van der Waals surface area contributed by atoms with Gasteiger partial charge in [-0.25, -0.2) is 0 Å². The number of carbonyl (C=O) groups is 1. The fourth-order valence-electron chi connectivity index (χ4n) is 4.52. The van der Waals surface area contributed by atoms with E-state index in [0.29, 0.717) is 37.7 Å². The van der Waals surface area contributed by atoms with Crippen molar-refractivity contribution in [2.45, 2.75) is 64.5 Å². The van der Waals surface area contributed by atoms with Gasteiger partial charge >= 0.3 is 5.97 Å². The van der Waals surface area contributed by atoms with Gasteiger partial charge in [0.1, 0.15) is 18.5 Å². The Kier molecular flexibility index (Phi) is 9.36. The van der Waals surface area contributed by atoms with Crippen LogP contribution in [0.15, 0.2) is 46.9 Å². The van der Waals surface area contributed by atoms with Gasteiger partial charge in [-0.15, -0.1) is 0 Å². The summed E-state index contributed by atoms with van der Waals surface area (Å²) >= 11 is 3.53. The predicted octanol–water partition coefficient (Wildman–Crippen LogP) is 4.86. The van der Waals surface area contributed by atoms with Crippen LogP contribution in [0.1, 0.15) is 50.3 Å². The Morgan fingerprint density at radius 2 is 1.91 bits per heavy atom. The van der Waals surface area contributed by atoms with Gasteiger partial charge in [0.25, 0.3) is 0 Å². The molecule has 0 saturated heterocycles. The molecule has 0 aromatic heterocycles. The monoisotopic (exact) mass is 517 g/mol. The smallest absolute Gasteiger partial charge is 0.306 e. The van der Waals surface area contributed by atoms with Gasteiger partial charge in [-0.2, -0.15) is 0 Å². The zero-order valence-electron chi connectivity index (χ0n) is 19.9. The number of nitrogens with one attached hydrogen (secondary N) is 1. The van der Waals surface area contributed by atoms with Crippen LogP contribution in [0.2, 0.25) is 0 Å². The van der Waals surface area contributed by atoms with Crippen LogP contribution in [-0.2, 0) is 28.8 Å². The molecule has 1 unspecified atom stereocenters. The molecule has 2 N–H and O–H groups in total. The molecule has 0 aliphatic heterocycles. The maximum atomic E-state index is 11.5. The molecule has 1 aliphatic carbocycles. The SMILES string of the molecule is CCOC(=O)CCc1ccc(OCC(O)CNC(C)(C)CC2Cc3ccccc3C2)c(Br)c1. The molecule has 1 atom stereocenters. The molecule has 3 rings (SSSR count). The number of carbonyl (C=O) groups excluding carboxylic acids is 1. The van der Waals surface area contributed by atoms with Gasteiger partial charge in [-0.1, -0.05) is 30.3 Å². The Balaban J connectivity index is 1.40. The van der Waals surface area contributed by atoms with E-state index in [-0.39, 0.29) is 18.1 Å². The molecule has 5 nitrogen and oxygen atoms in total. The number of rotatable bonds is 12. The molecule has 2 aromatic carbocycles. The Morgan fingerprint density at radius 3 is 2.55 bits per heavy atom. The van der Waals surface area contributed by atoms with Gasteiger partial charge in [0.15, 0.2) is 0 Å². The van der Waals surface area contributed by atoms with Crippen LogP contribution in [0.5, 0.6) is 5.75 Å². The molecule has 2 aromatic rings. The van der Waals surface area contributed by atoms with Gasteiger partial charge in [0, 0.05) is 18.5 Å². The summed E-state index contributed by atoms with van der Waals surface area (Å²) in [5, 5.41) is 14.0. The number of aryl methyl sites for hydroxylation is 1. The average molecular weight is 518 g/mol. The molecule has 0 saturated carbocycles. The number of β-amino-alcohol motifs (C(OH)–C–C–N with tert-alkyl or cyclic N) is 1. The van der Waals surface area contributed by atoms with E-state index in [1.165, 1.54) is 11.1 Å². The molecule has 0 heterocycles. The molecule has 0 amide bonds. The lowest BCUT2D eigenvalue weighted by Gasteiger charge is -2.30. The summed E-state index contributed by atoms with van der Waals surface area (Å²) in [7, 11) is 0. The summed E-state index contributed by atoms with van der Waals surface area (Å²) in [6.07, 6.45) is 3.70. The Hall–Kier alpha value is -1.89. The van der Waals surface area contributed by atoms with E-state index in [1.807, 2.05) is 18.2 Å². The topological polar surface area (TPSA) is 67.8 Å². The summed E-state index contributed by atoms with van der Waals surface area (Å²) in [5.41, 5.74) is 3.92. The number of hydrogen-bond donors (Lipinski definition) is 2. The molecule has 0 bridgehead atoms. The molecule has 6 heteroatoms. The minimum atomic E-state index is -0.611. The quantitative estimate of drug-likeness (QED) is 0.393. The third-order valence-electron chi connectivity index (χ3n) is 6.10. The molecule has 0 fully saturated rings. The second kappa shape index (κ2) is 12.0. The zero-order valence-corrected chi connectivity index (χ0v) is 21.5. The maximum absolute atomic E-state index is 11.5. The first kappa shape index (κ1) is 25.7. The normalized spacial score (nSPS) is 14.7. The van der Waals surface area contributed by atoms with Crippen LogP contribution in [-0.4, -0.2) is 42.5 Å². The molecule has 0 spiro atoms. The second-order valence-electron chi connectivity index (χ2n) is 9.55. The molecule has 180 valence electrons. The van der Waals surface area contributed by atoms with Crippen molar-refractivity contribution in [2.75, 3.05) is 19.8 Å². The van der Waals surface area contributed by atoms with Crippen molar-refractivity contribution in [2.24, 2.45) is 5.92 Å². The lowest BCUT2D eigenvalue weighted by Crippen LogP contribution is -2.46. The van der Waals surface area contributed by atoms with Gasteiger partial charge in [0.05, 0.1) is 11.1 Å². The van der Waals surface area contributed by atoms with Crippen LogP contribution >= 0.6 is 15.9 Å². The summed E-state index contributed by atoms with van der Waals surface area (Å²) in [5.74, 6) is 1.12. The van der Waals surface area contributed by atoms with Crippen LogP contribution in [0.4, 0.5) is 0 Å². The summed E-state index contributed by atoms with van der Waals surface area (Å²) in [6.45, 7) is 7.30. The van der Waals surface area contributed by atoms with Crippen molar-refractivity contribution in [1.82, 2.24) is 5.32 Å². The maximum Gasteiger partial charge on any atom is 0.306 e. The number of esters is 1. The highest BCUT2D eigenvalue weighted by Gasteiger charge is 2.28. The van der Waals surface area contributed by atoms with Gasteiger partial charge in [-0.3, -0.25) is 4.79 Å². The van der Waals surface area contributed by atoms with Crippen molar-refractivity contribution < 1.29 is 19.4 Å². The minimum absolute atomic E-state index is 0.0607. The second-order valence-corrected chi connectivity index (χ2v) is 10.4. The fraction of sp³-hybridized carbons (Fsp3) is 0.519. The number of benzene rings is 2. The molecular weight excluding hydrogens is 482 g/mol. The summed E-state index contributed by atoms with van der Waals surface area (Å²) in [6, 6.07) is 14.5. The van der Waals surface area contributed by atoms with E-state index in [1.54, 1.807) is 6.92 Å². The predicted molar refractivity (Wildman–Crippen MR) is 135 cm³/mol. The first-order valence-corrected chi connectivity index (χ1v) is 12.6. The van der Waals surface area contributed by atoms with Gasteiger partial charge in [0.2, 0.25) is 0 Å². The lowest BCUT2D eigenvalue weighted by molar-refractivity contribution is -0.143. The Labute approximate surface area is 206 Å². The first-order chi connectivity index (χ1) is 15.8. The fourth-order valence-corrected chi connectivity index (χ4v) is 5.06. The average Bonchev–Trinajstić information content (AvgIpc) is 3.17. The summed E-state index contributed by atoms with van der Waals surface area (Å²) in [4.78, 5) is 11.5. The van der Waals surface area contributed by atoms with E-state index in [0.717, 1.165) is 29.3 Å². The zero-order chi connectivity index (χ0) is 23.8. The number of hydrogen-bond acceptors (Lipinski definition) is 5. The van der Waals surface area contributed by atoms with Gasteiger partial charge < -0.3 is 19.9 Å². The van der Waals surface area contributed by atoms with Crippen LogP contribution < -0.4 is 10.1 Å². The van der Waals surface area contributed by atoms with Crippen molar-refractivity contribution in [3.63, 3.8) is 0 Å². The number of ether oxygens (including phenoxy) is 2. The number of aliphatic hydroxyl groups excluding tert-OH is 1. The van der Waals surface area contributed by atoms with Crippen LogP contribution in [0.3, 0.4) is 0 Å². The van der Waals surface area contributed by atoms with Crippen molar-refractivity contribution in [1.29, 1.82) is 0 Å². The Morgan fingerprint density at radius 1 is 1.21 bits per heavy atom. The third kappa shape index (κ3) is 8.13. The first-order valence-electron chi connectivity index (χ1n) is 11.8. The van der Waals surface area contributed by atoms with Gasteiger partial charge in [-0.05, 0) is 97.1 Å². The third-order valence-corrected chi connectivity index (χ3v) is 6.72. The van der Waals surface area contributed by atoms with E-state index in [4.69, 9.17) is 9.47 Å². The van der Waals surface area contributed by atoms with Crippen molar-refractivity contribution >= 4 is 21.9 Å². The largest absolute Gasteiger partial charge is 0.490 e. The van der Waals surface area contributed by atoms with Crippen LogP contribution in [0, 0.1) is 5.92 Å². The highest BCUT2D eigenvalue weighted by molar-refractivity contribution is 9.10. The van der Waals surface area contributed by atoms with E-state index in [2.05, 4.69) is 59.4 Å². The Bertz CT molecular complexity index is 905. The standard InChI is InChI=1S/C27H36BrNO4/c1-4-32-26(31)12-10-19-9-11-25(24(28)15-19)33-18-23(30)17-29-27(2,3)16-20-13-21-7-5-6-8-22(21)14-20/h5-9,11,15,20,23,29-30H,4,10,12-14,16-18H2,1-3H3. The number of aliphatic hydroxyl groups is 1. The van der Waals surface area contributed by atoms with E-state index >= 15 is 0 Å². The number of halogens is 1. The lowest BCUT2D eigenvalue weighted by atomic mass is 9.88. The van der Waals surface area contributed by atoms with Crippen molar-refractivity contribution in [3.05, 3.63) is 63.6 Å². The van der Waals surface area contributed by atoms with Crippen LogP contribution in [0.25, 0.3) is 0 Å². The highest BCUT2D eigenvalue weighted by Crippen LogP contribution is 2.32. The highest BCUT2D eigenvalue weighted by atomic mass is 79.9. The van der Waals surface area contributed by atoms with Crippen molar-refractivity contribution in [3.8, 4) is 5.75 Å². The molecule has 33 heavy (non-hydrogen) atoms. The minimum Gasteiger partial charge on any atom is -0.490 e. The van der Waals surface area contributed by atoms with E-state index < -0.39 is 6.10 Å². The molecule has 0 radical (unpaired) electrons. The molecule has 1 aliphatic rings. The van der Waals surface area contributed by atoms with E-state index in [9.17, 15) is 9.90 Å². The number of fused-ring (bicyclic) bond motifs is 1. The summed E-state index contributed by atoms with van der Waals surface area (Å²) < 4.78 is 11.6. The molecular formula is C27H36BrNO4.